The number of hydrogen-bond donors (Lipinski definition) is 0. The Hall–Kier alpha value is -2.94. The van der Waals surface area contributed by atoms with Gasteiger partial charge in [0.1, 0.15) is 0 Å². The summed E-state index contributed by atoms with van der Waals surface area (Å²) < 4.78 is 38.3. The van der Waals surface area contributed by atoms with Crippen LogP contribution in [0.15, 0.2) is 48.8 Å². The second-order valence-corrected chi connectivity index (χ2v) is 8.57. The van der Waals surface area contributed by atoms with Crippen molar-refractivity contribution < 1.29 is 22.8 Å². The summed E-state index contributed by atoms with van der Waals surface area (Å²) in [5.74, 6) is -0.643. The van der Waals surface area contributed by atoms with Crippen LogP contribution in [0.1, 0.15) is 43.7 Å². The van der Waals surface area contributed by atoms with Crippen molar-refractivity contribution in [3.8, 4) is 0 Å². The molecule has 0 atom stereocenters. The molecular weight excluding hydrogens is 445 g/mol. The highest BCUT2D eigenvalue weighted by Crippen LogP contribution is 2.26. The van der Waals surface area contributed by atoms with E-state index in [1.54, 1.807) is 17.3 Å². The fourth-order valence-electron chi connectivity index (χ4n) is 4.22. The van der Waals surface area contributed by atoms with E-state index in [-0.39, 0.29) is 12.5 Å². The summed E-state index contributed by atoms with van der Waals surface area (Å²) in [5.41, 5.74) is 2.51. The summed E-state index contributed by atoms with van der Waals surface area (Å²) >= 11 is 0. The van der Waals surface area contributed by atoms with Crippen LogP contribution in [0.4, 0.5) is 18.9 Å². The number of aromatic nitrogens is 1. The van der Waals surface area contributed by atoms with Gasteiger partial charge in [-0.1, -0.05) is 24.3 Å². The lowest BCUT2D eigenvalue weighted by Gasteiger charge is -2.31. The van der Waals surface area contributed by atoms with E-state index in [0.717, 1.165) is 24.1 Å². The van der Waals surface area contributed by atoms with Crippen molar-refractivity contribution in [1.29, 1.82) is 0 Å². The van der Waals surface area contributed by atoms with Gasteiger partial charge in [0, 0.05) is 70.7 Å². The molecule has 2 amide bonds. The Balaban J connectivity index is 1.84. The summed E-state index contributed by atoms with van der Waals surface area (Å²) in [6.07, 6.45) is -1.18. The minimum atomic E-state index is -4.38. The van der Waals surface area contributed by atoms with Crippen molar-refractivity contribution in [3.05, 3.63) is 59.9 Å². The molecule has 0 radical (unpaired) electrons. The Bertz CT molecular complexity index is 953. The van der Waals surface area contributed by atoms with E-state index in [1.807, 2.05) is 36.4 Å². The number of benzene rings is 1. The molecule has 6 nitrogen and oxygen atoms in total. The minimum Gasteiger partial charge on any atom is -0.338 e. The van der Waals surface area contributed by atoms with Crippen molar-refractivity contribution in [2.24, 2.45) is 0 Å². The van der Waals surface area contributed by atoms with E-state index in [4.69, 9.17) is 0 Å². The maximum Gasteiger partial charge on any atom is 0.389 e. The Labute approximate surface area is 198 Å². The molecule has 2 heterocycles. The molecule has 2 aromatic rings. The highest BCUT2D eigenvalue weighted by molar-refractivity contribution is 5.92. The van der Waals surface area contributed by atoms with Crippen LogP contribution >= 0.6 is 0 Å². The van der Waals surface area contributed by atoms with E-state index in [9.17, 15) is 22.8 Å². The largest absolute Gasteiger partial charge is 0.389 e. The molecule has 1 aromatic carbocycles. The van der Waals surface area contributed by atoms with Crippen molar-refractivity contribution in [3.63, 3.8) is 0 Å². The molecule has 0 N–H and O–H groups in total. The molecule has 1 aliphatic heterocycles. The summed E-state index contributed by atoms with van der Waals surface area (Å²) in [7, 11) is 0. The van der Waals surface area contributed by atoms with Gasteiger partial charge in [-0.15, -0.1) is 0 Å². The van der Waals surface area contributed by atoms with Gasteiger partial charge in [-0.2, -0.15) is 13.2 Å². The first kappa shape index (κ1) is 25.7. The number of alkyl halides is 3. The zero-order chi connectivity index (χ0) is 24.6. The average Bonchev–Trinajstić information content (AvgIpc) is 2.79. The van der Waals surface area contributed by atoms with E-state index >= 15 is 0 Å². The fourth-order valence-corrected chi connectivity index (χ4v) is 4.22. The first-order chi connectivity index (χ1) is 16.2. The van der Waals surface area contributed by atoms with E-state index < -0.39 is 24.9 Å². The van der Waals surface area contributed by atoms with Crippen molar-refractivity contribution in [2.45, 2.75) is 51.9 Å². The molecule has 184 valence electrons. The van der Waals surface area contributed by atoms with E-state index in [0.29, 0.717) is 38.3 Å². The van der Waals surface area contributed by atoms with Crippen LogP contribution in [-0.2, 0) is 22.7 Å². The van der Waals surface area contributed by atoms with Gasteiger partial charge in [-0.3, -0.25) is 19.5 Å². The number of halogens is 3. The molecular formula is C25H31F3N4O2. The van der Waals surface area contributed by atoms with Crippen molar-refractivity contribution in [2.75, 3.05) is 31.1 Å². The number of hydrogen-bond acceptors (Lipinski definition) is 4. The van der Waals surface area contributed by atoms with Gasteiger partial charge in [-0.25, -0.2) is 0 Å². The standard InChI is InChI=1S/C25H31F3N4O2/c1-20(33)32-16-6-14-30(18-21-7-4-12-29-17-21)13-5-15-31(24(34)10-11-25(26,27)28)19-22-8-2-3-9-23(22)32/h2-4,7-9,12,17H,5-6,10-11,13-16,18-19H2,1H3. The van der Waals surface area contributed by atoms with E-state index in [1.165, 1.54) is 11.8 Å². The fraction of sp³-hybridized carbons (Fsp3) is 0.480. The number of anilines is 1. The first-order valence-electron chi connectivity index (χ1n) is 11.5. The summed E-state index contributed by atoms with van der Waals surface area (Å²) in [6, 6.07) is 11.2. The van der Waals surface area contributed by atoms with Gasteiger partial charge < -0.3 is 9.80 Å². The van der Waals surface area contributed by atoms with Crippen LogP contribution in [0.3, 0.4) is 0 Å². The molecule has 0 fully saturated rings. The Morgan fingerprint density at radius 3 is 2.41 bits per heavy atom. The third kappa shape index (κ3) is 7.83. The molecule has 0 aliphatic carbocycles. The van der Waals surface area contributed by atoms with Crippen LogP contribution in [0.2, 0.25) is 0 Å². The number of carbonyl (C=O) groups excluding carboxylic acids is 2. The maximum atomic E-state index is 12.8. The monoisotopic (exact) mass is 476 g/mol. The zero-order valence-electron chi connectivity index (χ0n) is 19.4. The van der Waals surface area contributed by atoms with Gasteiger partial charge in [0.15, 0.2) is 0 Å². The minimum absolute atomic E-state index is 0.113. The molecule has 1 aromatic heterocycles. The predicted molar refractivity (Wildman–Crippen MR) is 124 cm³/mol. The quantitative estimate of drug-likeness (QED) is 0.656. The summed E-state index contributed by atoms with van der Waals surface area (Å²) in [6.45, 7) is 4.61. The maximum absolute atomic E-state index is 12.8. The highest BCUT2D eigenvalue weighted by atomic mass is 19.4. The number of rotatable bonds is 4. The highest BCUT2D eigenvalue weighted by Gasteiger charge is 2.29. The number of pyridine rings is 1. The van der Waals surface area contributed by atoms with Gasteiger partial charge in [0.25, 0.3) is 0 Å². The molecule has 0 spiro atoms. The van der Waals surface area contributed by atoms with Gasteiger partial charge in [0.05, 0.1) is 6.42 Å². The third-order valence-corrected chi connectivity index (χ3v) is 5.89. The second-order valence-electron chi connectivity index (χ2n) is 8.57. The van der Waals surface area contributed by atoms with Crippen LogP contribution in [-0.4, -0.2) is 59.0 Å². The number of fused-ring (bicyclic) bond motifs is 1. The van der Waals surface area contributed by atoms with Gasteiger partial charge in [-0.05, 0) is 36.1 Å². The lowest BCUT2D eigenvalue weighted by Crippen LogP contribution is -2.38. The number of carbonyl (C=O) groups is 2. The molecule has 1 aliphatic rings. The average molecular weight is 477 g/mol. The zero-order valence-corrected chi connectivity index (χ0v) is 19.4. The van der Waals surface area contributed by atoms with Gasteiger partial charge in [0.2, 0.25) is 11.8 Å². The summed E-state index contributed by atoms with van der Waals surface area (Å²) in [4.78, 5) is 34.8. The van der Waals surface area contributed by atoms with Crippen LogP contribution < -0.4 is 4.90 Å². The predicted octanol–water partition coefficient (Wildman–Crippen LogP) is 4.40. The van der Waals surface area contributed by atoms with Crippen LogP contribution in [0.25, 0.3) is 0 Å². The molecule has 0 bridgehead atoms. The summed E-state index contributed by atoms with van der Waals surface area (Å²) in [5, 5.41) is 0. The second kappa shape index (κ2) is 12.0. The Kier molecular flexibility index (Phi) is 9.04. The lowest BCUT2D eigenvalue weighted by atomic mass is 10.1. The van der Waals surface area contributed by atoms with E-state index in [2.05, 4.69) is 9.88 Å². The molecule has 0 saturated carbocycles. The van der Waals surface area contributed by atoms with Crippen LogP contribution in [0, 0.1) is 0 Å². The third-order valence-electron chi connectivity index (χ3n) is 5.89. The lowest BCUT2D eigenvalue weighted by molar-refractivity contribution is -0.149. The number of nitrogens with zero attached hydrogens (tertiary/aromatic N) is 4. The Morgan fingerprint density at radius 2 is 1.74 bits per heavy atom. The molecule has 3 rings (SSSR count). The number of para-hydroxylation sites is 1. The Morgan fingerprint density at radius 1 is 1.00 bits per heavy atom. The molecule has 34 heavy (non-hydrogen) atoms. The SMILES string of the molecule is CC(=O)N1CCCN(Cc2cccnc2)CCCN(C(=O)CCC(F)(F)F)Cc2ccccc21. The number of amides is 2. The van der Waals surface area contributed by atoms with Crippen molar-refractivity contribution in [1.82, 2.24) is 14.8 Å². The molecule has 0 saturated heterocycles. The molecule has 9 heteroatoms. The van der Waals surface area contributed by atoms with Crippen LogP contribution in [0.5, 0.6) is 0 Å². The smallest absolute Gasteiger partial charge is 0.338 e. The van der Waals surface area contributed by atoms with Crippen molar-refractivity contribution >= 4 is 17.5 Å². The normalized spacial score (nSPS) is 16.4. The van der Waals surface area contributed by atoms with Gasteiger partial charge >= 0.3 is 6.18 Å². The molecule has 0 unspecified atom stereocenters. The first-order valence-corrected chi connectivity index (χ1v) is 11.5. The topological polar surface area (TPSA) is 56.8 Å².